The number of phenolic OH excluding ortho intramolecular Hbond substituents is 1. The lowest BCUT2D eigenvalue weighted by Gasteiger charge is -2.10. The summed E-state index contributed by atoms with van der Waals surface area (Å²) in [6.07, 6.45) is 3.58. The van der Waals surface area contributed by atoms with Crippen LogP contribution in [0.3, 0.4) is 0 Å². The maximum atomic E-state index is 9.85. The third-order valence-electron chi connectivity index (χ3n) is 3.54. The first-order valence-corrected chi connectivity index (χ1v) is 7.41. The molecule has 0 atom stereocenters. The quantitative estimate of drug-likeness (QED) is 0.794. The van der Waals surface area contributed by atoms with E-state index in [4.69, 9.17) is 4.74 Å². The van der Waals surface area contributed by atoms with Gasteiger partial charge in [0.15, 0.2) is 0 Å². The molecule has 0 unspecified atom stereocenters. The van der Waals surface area contributed by atoms with Crippen molar-refractivity contribution in [3.63, 3.8) is 0 Å². The van der Waals surface area contributed by atoms with Crippen LogP contribution in [0.5, 0.6) is 11.5 Å². The third kappa shape index (κ3) is 4.42. The summed E-state index contributed by atoms with van der Waals surface area (Å²) in [4.78, 5) is 0. The fourth-order valence-electron chi connectivity index (χ4n) is 2.20. The van der Waals surface area contributed by atoms with Crippen molar-refractivity contribution < 1.29 is 9.84 Å². The number of anilines is 1. The molecule has 2 N–H and O–H groups in total. The van der Waals surface area contributed by atoms with Crippen molar-refractivity contribution >= 4 is 5.69 Å². The highest BCUT2D eigenvalue weighted by molar-refractivity contribution is 5.47. The monoisotopic (exact) mass is 285 g/mol. The molecule has 0 aromatic heterocycles. The molecule has 0 aliphatic rings. The summed E-state index contributed by atoms with van der Waals surface area (Å²) in [6.45, 7) is 2.77. The predicted molar refractivity (Wildman–Crippen MR) is 87.0 cm³/mol. The molecular weight excluding hydrogens is 262 g/mol. The van der Waals surface area contributed by atoms with Crippen molar-refractivity contribution in [2.24, 2.45) is 0 Å². The second-order valence-electron chi connectivity index (χ2n) is 5.15. The van der Waals surface area contributed by atoms with Crippen LogP contribution in [0.25, 0.3) is 0 Å². The molecule has 3 nitrogen and oxygen atoms in total. The van der Waals surface area contributed by atoms with Gasteiger partial charge in [0.2, 0.25) is 0 Å². The molecule has 0 spiro atoms. The first-order valence-electron chi connectivity index (χ1n) is 7.41. The van der Waals surface area contributed by atoms with Crippen LogP contribution in [-0.4, -0.2) is 12.2 Å². The largest absolute Gasteiger partial charge is 0.508 e. The normalized spacial score (nSPS) is 10.4. The minimum atomic E-state index is 0.280. The highest BCUT2D eigenvalue weighted by atomic mass is 16.5. The second-order valence-corrected chi connectivity index (χ2v) is 5.15. The molecule has 0 bridgehead atoms. The Labute approximate surface area is 126 Å². The summed E-state index contributed by atoms with van der Waals surface area (Å²) in [5.74, 6) is 1.03. The molecule has 0 saturated carbocycles. The zero-order valence-corrected chi connectivity index (χ0v) is 12.7. The third-order valence-corrected chi connectivity index (χ3v) is 3.54. The van der Waals surface area contributed by atoms with Gasteiger partial charge in [0.25, 0.3) is 0 Å². The number of nitrogens with one attached hydrogen (secondary N) is 1. The van der Waals surface area contributed by atoms with E-state index in [-0.39, 0.29) is 5.75 Å². The Hall–Kier alpha value is -2.16. The molecule has 0 radical (unpaired) electrons. The number of hydrogen-bond donors (Lipinski definition) is 2. The standard InChI is InChI=1S/C18H23NO2/c1-3-4-5-14-6-8-16(9-7-14)19-13-15-12-17(21-2)10-11-18(15)20/h6-12,19-20H,3-5,13H2,1-2H3. The number of hydrogen-bond acceptors (Lipinski definition) is 3. The van der Waals surface area contributed by atoms with Gasteiger partial charge in [0.1, 0.15) is 11.5 Å². The molecule has 112 valence electrons. The van der Waals surface area contributed by atoms with Gasteiger partial charge in [-0.2, -0.15) is 0 Å². The summed E-state index contributed by atoms with van der Waals surface area (Å²) in [7, 11) is 1.62. The van der Waals surface area contributed by atoms with E-state index < -0.39 is 0 Å². The second kappa shape index (κ2) is 7.58. The van der Waals surface area contributed by atoms with Gasteiger partial charge in [-0.3, -0.25) is 0 Å². The molecule has 0 fully saturated rings. The van der Waals surface area contributed by atoms with E-state index in [0.717, 1.165) is 23.4 Å². The molecule has 0 heterocycles. The predicted octanol–water partition coefficient (Wildman–Crippen LogP) is 4.36. The Balaban J connectivity index is 1.96. The van der Waals surface area contributed by atoms with Crippen LogP contribution in [0.2, 0.25) is 0 Å². The Kier molecular flexibility index (Phi) is 5.50. The molecule has 0 aliphatic heterocycles. The van der Waals surface area contributed by atoms with E-state index in [1.807, 2.05) is 6.07 Å². The zero-order chi connectivity index (χ0) is 15.1. The summed E-state index contributed by atoms with van der Waals surface area (Å²) in [5, 5.41) is 13.2. The van der Waals surface area contributed by atoms with Crippen LogP contribution in [0, 0.1) is 0 Å². The van der Waals surface area contributed by atoms with Gasteiger partial charge in [-0.1, -0.05) is 25.5 Å². The van der Waals surface area contributed by atoms with E-state index in [0.29, 0.717) is 6.54 Å². The Morgan fingerprint density at radius 2 is 1.86 bits per heavy atom. The van der Waals surface area contributed by atoms with Crippen LogP contribution in [0.4, 0.5) is 5.69 Å². The zero-order valence-electron chi connectivity index (χ0n) is 12.7. The van der Waals surface area contributed by atoms with E-state index in [9.17, 15) is 5.11 Å². The molecular formula is C18H23NO2. The Morgan fingerprint density at radius 1 is 1.10 bits per heavy atom. The van der Waals surface area contributed by atoms with Crippen LogP contribution in [0.1, 0.15) is 30.9 Å². The molecule has 0 amide bonds. The van der Waals surface area contributed by atoms with Crippen molar-refractivity contribution in [2.75, 3.05) is 12.4 Å². The summed E-state index contributed by atoms with van der Waals surface area (Å²) in [5.41, 5.74) is 3.24. The van der Waals surface area contributed by atoms with Gasteiger partial charge >= 0.3 is 0 Å². The molecule has 0 aliphatic carbocycles. The number of aryl methyl sites for hydroxylation is 1. The Morgan fingerprint density at radius 3 is 2.52 bits per heavy atom. The fourth-order valence-corrected chi connectivity index (χ4v) is 2.20. The van der Waals surface area contributed by atoms with E-state index in [1.165, 1.54) is 18.4 Å². The molecule has 2 aromatic carbocycles. The molecule has 0 saturated heterocycles. The molecule has 21 heavy (non-hydrogen) atoms. The first-order chi connectivity index (χ1) is 10.2. The summed E-state index contributed by atoms with van der Waals surface area (Å²) < 4.78 is 5.18. The fraction of sp³-hybridized carbons (Fsp3) is 0.333. The summed E-state index contributed by atoms with van der Waals surface area (Å²) in [6, 6.07) is 13.7. The topological polar surface area (TPSA) is 41.5 Å². The van der Waals surface area contributed by atoms with Gasteiger partial charge in [-0.15, -0.1) is 0 Å². The number of phenols is 1. The van der Waals surface area contributed by atoms with Crippen molar-refractivity contribution in [3.05, 3.63) is 53.6 Å². The van der Waals surface area contributed by atoms with Crippen LogP contribution < -0.4 is 10.1 Å². The lowest BCUT2D eigenvalue weighted by Crippen LogP contribution is -2.00. The average molecular weight is 285 g/mol. The van der Waals surface area contributed by atoms with Crippen LogP contribution in [-0.2, 0) is 13.0 Å². The molecule has 2 aromatic rings. The van der Waals surface area contributed by atoms with Crippen molar-refractivity contribution in [1.29, 1.82) is 0 Å². The Bertz CT molecular complexity index is 564. The van der Waals surface area contributed by atoms with E-state index >= 15 is 0 Å². The maximum Gasteiger partial charge on any atom is 0.120 e. The number of ether oxygens (including phenoxy) is 1. The minimum absolute atomic E-state index is 0.280. The van der Waals surface area contributed by atoms with Crippen molar-refractivity contribution in [3.8, 4) is 11.5 Å². The SMILES string of the molecule is CCCCc1ccc(NCc2cc(OC)ccc2O)cc1. The van der Waals surface area contributed by atoms with Gasteiger partial charge in [0.05, 0.1) is 7.11 Å². The van der Waals surface area contributed by atoms with E-state index in [1.54, 1.807) is 19.2 Å². The van der Waals surface area contributed by atoms with Gasteiger partial charge in [-0.25, -0.2) is 0 Å². The van der Waals surface area contributed by atoms with Gasteiger partial charge in [0, 0.05) is 17.8 Å². The lowest BCUT2D eigenvalue weighted by atomic mass is 10.1. The maximum absolute atomic E-state index is 9.85. The first kappa shape index (κ1) is 15.2. The summed E-state index contributed by atoms with van der Waals surface area (Å²) >= 11 is 0. The molecule has 3 heteroatoms. The van der Waals surface area contributed by atoms with E-state index in [2.05, 4.69) is 36.5 Å². The van der Waals surface area contributed by atoms with Gasteiger partial charge in [-0.05, 0) is 48.7 Å². The number of unbranched alkanes of at least 4 members (excludes halogenated alkanes) is 1. The van der Waals surface area contributed by atoms with Crippen LogP contribution >= 0.6 is 0 Å². The highest BCUT2D eigenvalue weighted by Crippen LogP contribution is 2.24. The molecule has 2 rings (SSSR count). The highest BCUT2D eigenvalue weighted by Gasteiger charge is 2.03. The van der Waals surface area contributed by atoms with Gasteiger partial charge < -0.3 is 15.2 Å². The average Bonchev–Trinajstić information content (AvgIpc) is 2.53. The van der Waals surface area contributed by atoms with Crippen molar-refractivity contribution in [1.82, 2.24) is 0 Å². The smallest absolute Gasteiger partial charge is 0.120 e. The lowest BCUT2D eigenvalue weighted by molar-refractivity contribution is 0.411. The number of aromatic hydroxyl groups is 1. The number of methoxy groups -OCH3 is 1. The minimum Gasteiger partial charge on any atom is -0.508 e. The number of benzene rings is 2. The van der Waals surface area contributed by atoms with Crippen molar-refractivity contribution in [2.45, 2.75) is 32.7 Å². The number of rotatable bonds is 7. The van der Waals surface area contributed by atoms with Crippen LogP contribution in [0.15, 0.2) is 42.5 Å².